The standard InChI is InChI=1S/C26H27N5O3/c1-2-20-19(14-13-17-9-5-3-6-10-17)22(34-26(32)18-11-7-4-8-12-18)25(33-20)31-16-30-21-23(27)28-15-29-24(21)31/h3-12,15-16,19-20,22,25H,2,13-14H2,1H3,(H2,27,28,29)/t19-,20+,22?,25+/m0/s1. The summed E-state index contributed by atoms with van der Waals surface area (Å²) in [5, 5.41) is 0. The Morgan fingerprint density at radius 2 is 1.79 bits per heavy atom. The summed E-state index contributed by atoms with van der Waals surface area (Å²) in [7, 11) is 0. The number of nitrogen functional groups attached to an aromatic ring is 1. The van der Waals surface area contributed by atoms with E-state index in [2.05, 4.69) is 34.0 Å². The van der Waals surface area contributed by atoms with Crippen LogP contribution >= 0.6 is 0 Å². The molecule has 4 aromatic rings. The minimum absolute atomic E-state index is 0.000461. The first-order valence-electron chi connectivity index (χ1n) is 11.5. The predicted molar refractivity (Wildman–Crippen MR) is 128 cm³/mol. The topological polar surface area (TPSA) is 105 Å². The number of hydrogen-bond acceptors (Lipinski definition) is 7. The molecular weight excluding hydrogens is 430 g/mol. The molecule has 0 bridgehead atoms. The Morgan fingerprint density at radius 1 is 1.06 bits per heavy atom. The average molecular weight is 458 g/mol. The van der Waals surface area contributed by atoms with Gasteiger partial charge in [0.2, 0.25) is 0 Å². The molecule has 0 amide bonds. The summed E-state index contributed by atoms with van der Waals surface area (Å²) in [6, 6.07) is 19.3. The summed E-state index contributed by atoms with van der Waals surface area (Å²) < 4.78 is 14.5. The van der Waals surface area contributed by atoms with Gasteiger partial charge in [-0.2, -0.15) is 0 Å². The number of rotatable bonds is 7. The summed E-state index contributed by atoms with van der Waals surface area (Å²) in [5.74, 6) is -0.0778. The van der Waals surface area contributed by atoms with Gasteiger partial charge in [0, 0.05) is 5.92 Å². The van der Waals surface area contributed by atoms with E-state index in [9.17, 15) is 4.79 Å². The fourth-order valence-corrected chi connectivity index (χ4v) is 4.70. The van der Waals surface area contributed by atoms with Gasteiger partial charge < -0.3 is 15.2 Å². The minimum atomic E-state index is -0.572. The molecule has 1 saturated heterocycles. The van der Waals surface area contributed by atoms with Gasteiger partial charge in [-0.1, -0.05) is 55.5 Å². The quantitative estimate of drug-likeness (QED) is 0.415. The van der Waals surface area contributed by atoms with E-state index in [0.29, 0.717) is 22.5 Å². The molecule has 0 saturated carbocycles. The monoisotopic (exact) mass is 457 g/mol. The Bertz CT molecular complexity index is 1260. The third kappa shape index (κ3) is 4.24. The number of hydrogen-bond donors (Lipinski definition) is 1. The molecule has 1 aliphatic heterocycles. The van der Waals surface area contributed by atoms with Crippen LogP contribution in [0.4, 0.5) is 5.82 Å². The molecule has 5 rings (SSSR count). The van der Waals surface area contributed by atoms with Crippen molar-refractivity contribution in [3.63, 3.8) is 0 Å². The molecular formula is C26H27N5O3. The molecule has 1 unspecified atom stereocenters. The summed E-state index contributed by atoms with van der Waals surface area (Å²) in [5.41, 5.74) is 8.80. The number of aryl methyl sites for hydroxylation is 1. The second-order valence-corrected chi connectivity index (χ2v) is 8.48. The highest BCUT2D eigenvalue weighted by Crippen LogP contribution is 2.41. The zero-order valence-electron chi connectivity index (χ0n) is 18.9. The second kappa shape index (κ2) is 9.61. The third-order valence-electron chi connectivity index (χ3n) is 6.42. The molecule has 2 aromatic carbocycles. The molecule has 1 aliphatic rings. The van der Waals surface area contributed by atoms with E-state index in [1.54, 1.807) is 18.5 Å². The van der Waals surface area contributed by atoms with Crippen molar-refractivity contribution in [1.82, 2.24) is 19.5 Å². The number of carbonyl (C=O) groups is 1. The van der Waals surface area contributed by atoms with Crippen molar-refractivity contribution in [2.45, 2.75) is 44.6 Å². The van der Waals surface area contributed by atoms with E-state index >= 15 is 0 Å². The van der Waals surface area contributed by atoms with Crippen molar-refractivity contribution in [3.05, 3.63) is 84.4 Å². The fraction of sp³-hybridized carbons (Fsp3) is 0.308. The maximum Gasteiger partial charge on any atom is 0.338 e. The van der Waals surface area contributed by atoms with Crippen LogP contribution in [0, 0.1) is 5.92 Å². The number of nitrogens with two attached hydrogens (primary N) is 1. The summed E-state index contributed by atoms with van der Waals surface area (Å²) in [6.45, 7) is 2.09. The van der Waals surface area contributed by atoms with Crippen molar-refractivity contribution in [2.75, 3.05) is 5.73 Å². The van der Waals surface area contributed by atoms with E-state index < -0.39 is 12.3 Å². The van der Waals surface area contributed by atoms with Crippen LogP contribution < -0.4 is 5.73 Å². The van der Waals surface area contributed by atoms with Gasteiger partial charge in [-0.05, 0) is 37.0 Å². The van der Waals surface area contributed by atoms with Crippen molar-refractivity contribution in [1.29, 1.82) is 0 Å². The SMILES string of the molecule is CC[C@H]1O[C@@H](n2cnc3c(N)ncnc32)C(OC(=O)c2ccccc2)[C@H]1CCc1ccccc1. The lowest BCUT2D eigenvalue weighted by Crippen LogP contribution is -2.32. The lowest BCUT2D eigenvalue weighted by atomic mass is 9.89. The Kier molecular flexibility index (Phi) is 6.22. The van der Waals surface area contributed by atoms with Crippen LogP contribution in [0.25, 0.3) is 11.2 Å². The predicted octanol–water partition coefficient (Wildman–Crippen LogP) is 4.19. The van der Waals surface area contributed by atoms with E-state index in [1.165, 1.54) is 11.9 Å². The van der Waals surface area contributed by atoms with Gasteiger partial charge in [0.1, 0.15) is 11.8 Å². The number of carbonyl (C=O) groups excluding carboxylic acids is 1. The molecule has 8 nitrogen and oxygen atoms in total. The van der Waals surface area contributed by atoms with Crippen LogP contribution in [0.2, 0.25) is 0 Å². The van der Waals surface area contributed by atoms with Crippen LogP contribution in [0.1, 0.15) is 41.9 Å². The van der Waals surface area contributed by atoms with E-state index in [0.717, 1.165) is 19.3 Å². The van der Waals surface area contributed by atoms with Crippen molar-refractivity contribution in [2.24, 2.45) is 5.92 Å². The first-order chi connectivity index (χ1) is 16.7. The van der Waals surface area contributed by atoms with Crippen molar-refractivity contribution >= 4 is 23.0 Å². The Hall–Kier alpha value is -3.78. The minimum Gasteiger partial charge on any atom is -0.454 e. The Balaban J connectivity index is 1.49. The van der Waals surface area contributed by atoms with Crippen LogP contribution in [0.3, 0.4) is 0 Å². The highest BCUT2D eigenvalue weighted by Gasteiger charge is 2.47. The molecule has 0 radical (unpaired) electrons. The van der Waals surface area contributed by atoms with Crippen LogP contribution in [0.5, 0.6) is 0 Å². The Morgan fingerprint density at radius 3 is 2.53 bits per heavy atom. The first-order valence-corrected chi connectivity index (χ1v) is 11.5. The Labute approximate surface area is 197 Å². The largest absolute Gasteiger partial charge is 0.454 e. The number of benzene rings is 2. The highest BCUT2D eigenvalue weighted by atomic mass is 16.6. The van der Waals surface area contributed by atoms with E-state index in [-0.39, 0.29) is 18.0 Å². The van der Waals surface area contributed by atoms with Gasteiger partial charge in [0.05, 0.1) is 18.0 Å². The molecule has 2 N–H and O–H groups in total. The maximum atomic E-state index is 13.1. The number of nitrogens with zero attached hydrogens (tertiary/aromatic N) is 4. The van der Waals surface area contributed by atoms with Gasteiger partial charge in [0.25, 0.3) is 0 Å². The molecule has 174 valence electrons. The molecule has 8 heteroatoms. The highest BCUT2D eigenvalue weighted by molar-refractivity contribution is 5.89. The molecule has 0 spiro atoms. The average Bonchev–Trinajstić information content (AvgIpc) is 3.46. The molecule has 2 aromatic heterocycles. The molecule has 3 heterocycles. The molecule has 4 atom stereocenters. The lowest BCUT2D eigenvalue weighted by Gasteiger charge is -2.25. The second-order valence-electron chi connectivity index (χ2n) is 8.48. The van der Waals surface area contributed by atoms with E-state index in [1.807, 2.05) is 41.0 Å². The maximum absolute atomic E-state index is 13.1. The number of aromatic nitrogens is 4. The van der Waals surface area contributed by atoms with Crippen molar-refractivity contribution < 1.29 is 14.3 Å². The van der Waals surface area contributed by atoms with Crippen LogP contribution in [-0.2, 0) is 15.9 Å². The van der Waals surface area contributed by atoms with Crippen molar-refractivity contribution in [3.8, 4) is 0 Å². The normalized spacial score (nSPS) is 22.1. The number of ether oxygens (including phenoxy) is 2. The molecule has 34 heavy (non-hydrogen) atoms. The zero-order chi connectivity index (χ0) is 23.5. The van der Waals surface area contributed by atoms with Crippen LogP contribution in [-0.4, -0.2) is 37.7 Å². The fourth-order valence-electron chi connectivity index (χ4n) is 4.70. The van der Waals surface area contributed by atoms with Gasteiger partial charge in [-0.25, -0.2) is 19.7 Å². The van der Waals surface area contributed by atoms with E-state index in [4.69, 9.17) is 15.2 Å². The summed E-state index contributed by atoms with van der Waals surface area (Å²) >= 11 is 0. The molecule has 0 aliphatic carbocycles. The van der Waals surface area contributed by atoms with Crippen LogP contribution in [0.15, 0.2) is 73.3 Å². The van der Waals surface area contributed by atoms with Gasteiger partial charge in [0.15, 0.2) is 23.8 Å². The summed E-state index contributed by atoms with van der Waals surface area (Å²) in [6.07, 6.45) is 4.33. The number of esters is 1. The van der Waals surface area contributed by atoms with Gasteiger partial charge in [-0.3, -0.25) is 4.57 Å². The van der Waals surface area contributed by atoms with Gasteiger partial charge >= 0.3 is 5.97 Å². The third-order valence-corrected chi connectivity index (χ3v) is 6.42. The number of imidazole rings is 1. The smallest absolute Gasteiger partial charge is 0.338 e. The van der Waals surface area contributed by atoms with Gasteiger partial charge in [-0.15, -0.1) is 0 Å². The molecule has 1 fully saturated rings. The first kappa shape index (κ1) is 22.0. The summed E-state index contributed by atoms with van der Waals surface area (Å²) in [4.78, 5) is 25.9. The number of fused-ring (bicyclic) bond motifs is 1. The zero-order valence-corrected chi connectivity index (χ0v) is 18.9. The number of anilines is 1. The lowest BCUT2D eigenvalue weighted by molar-refractivity contribution is -0.0470.